The standard InChI is InChI=1S/C17H26N4O2S.HI/c1-19-17(21-10-5-6-14(13-21)12-16(18)22)20-9-11-24(23)15-7-3-2-4-8-15;/h2-4,7-8,14H,5-6,9-13H2,1H3,(H2,18,22)(H,19,20);1H. The highest BCUT2D eigenvalue weighted by atomic mass is 127. The summed E-state index contributed by atoms with van der Waals surface area (Å²) in [4.78, 5) is 18.4. The van der Waals surface area contributed by atoms with E-state index < -0.39 is 10.8 Å². The van der Waals surface area contributed by atoms with Gasteiger partial charge in [0, 0.05) is 43.8 Å². The third-order valence-electron chi connectivity index (χ3n) is 4.10. The van der Waals surface area contributed by atoms with Crippen molar-refractivity contribution in [1.29, 1.82) is 0 Å². The molecule has 1 fully saturated rings. The van der Waals surface area contributed by atoms with E-state index in [2.05, 4.69) is 15.2 Å². The number of nitrogens with zero attached hydrogens (tertiary/aromatic N) is 2. The number of hydrogen-bond donors (Lipinski definition) is 2. The first-order chi connectivity index (χ1) is 11.6. The van der Waals surface area contributed by atoms with Crippen molar-refractivity contribution in [2.24, 2.45) is 16.6 Å². The van der Waals surface area contributed by atoms with Crippen LogP contribution in [0.3, 0.4) is 0 Å². The minimum Gasteiger partial charge on any atom is -0.370 e. The Bertz CT molecular complexity index is 598. The van der Waals surface area contributed by atoms with Gasteiger partial charge in [-0.1, -0.05) is 18.2 Å². The molecule has 3 N–H and O–H groups in total. The van der Waals surface area contributed by atoms with Crippen molar-refractivity contribution in [2.45, 2.75) is 24.2 Å². The van der Waals surface area contributed by atoms with E-state index in [1.54, 1.807) is 7.05 Å². The third-order valence-corrected chi connectivity index (χ3v) is 5.47. The van der Waals surface area contributed by atoms with Crippen molar-refractivity contribution in [3.8, 4) is 0 Å². The molecule has 140 valence electrons. The number of halogens is 1. The molecule has 1 aromatic carbocycles. The summed E-state index contributed by atoms with van der Waals surface area (Å²) < 4.78 is 12.2. The van der Waals surface area contributed by atoms with Crippen LogP contribution in [0, 0.1) is 5.92 Å². The average Bonchev–Trinajstić information content (AvgIpc) is 2.59. The monoisotopic (exact) mass is 478 g/mol. The van der Waals surface area contributed by atoms with Gasteiger partial charge in [0.15, 0.2) is 5.96 Å². The van der Waals surface area contributed by atoms with Crippen LogP contribution in [0.1, 0.15) is 19.3 Å². The van der Waals surface area contributed by atoms with Crippen molar-refractivity contribution in [1.82, 2.24) is 10.2 Å². The zero-order chi connectivity index (χ0) is 17.4. The molecule has 0 aliphatic carbocycles. The van der Waals surface area contributed by atoms with Crippen LogP contribution in [0.15, 0.2) is 40.2 Å². The number of rotatable bonds is 6. The van der Waals surface area contributed by atoms with Crippen LogP contribution in [0.25, 0.3) is 0 Å². The number of nitrogens with two attached hydrogens (primary N) is 1. The van der Waals surface area contributed by atoms with Crippen molar-refractivity contribution in [2.75, 3.05) is 32.4 Å². The lowest BCUT2D eigenvalue weighted by Crippen LogP contribution is -2.47. The quantitative estimate of drug-likeness (QED) is 0.369. The Labute approximate surface area is 169 Å². The molecule has 1 aliphatic rings. The van der Waals surface area contributed by atoms with Gasteiger partial charge in [-0.05, 0) is 30.9 Å². The molecule has 6 nitrogen and oxygen atoms in total. The minimum atomic E-state index is -1.02. The average molecular weight is 478 g/mol. The highest BCUT2D eigenvalue weighted by molar-refractivity contribution is 14.0. The predicted molar refractivity (Wildman–Crippen MR) is 113 cm³/mol. The number of nitrogens with one attached hydrogen (secondary N) is 1. The molecule has 1 aromatic rings. The molecule has 2 rings (SSSR count). The molecule has 0 bridgehead atoms. The van der Waals surface area contributed by atoms with E-state index >= 15 is 0 Å². The highest BCUT2D eigenvalue weighted by Gasteiger charge is 2.23. The molecule has 1 aliphatic heterocycles. The largest absolute Gasteiger partial charge is 0.370 e. The Balaban J connectivity index is 0.00000312. The summed E-state index contributed by atoms with van der Waals surface area (Å²) in [6.07, 6.45) is 2.47. The summed E-state index contributed by atoms with van der Waals surface area (Å²) >= 11 is 0. The second-order valence-corrected chi connectivity index (χ2v) is 7.53. The maximum atomic E-state index is 12.2. The Kier molecular flexibility index (Phi) is 10.0. The number of amides is 1. The maximum absolute atomic E-state index is 12.2. The molecule has 2 unspecified atom stereocenters. The molecule has 1 heterocycles. The summed E-state index contributed by atoms with van der Waals surface area (Å²) in [7, 11) is 0.725. The lowest BCUT2D eigenvalue weighted by molar-refractivity contribution is -0.119. The first-order valence-electron chi connectivity index (χ1n) is 8.27. The van der Waals surface area contributed by atoms with Crippen LogP contribution < -0.4 is 11.1 Å². The Morgan fingerprint density at radius 3 is 2.76 bits per heavy atom. The predicted octanol–water partition coefficient (Wildman–Crippen LogP) is 1.57. The minimum absolute atomic E-state index is 0. The van der Waals surface area contributed by atoms with Crippen LogP contribution in [0.5, 0.6) is 0 Å². The molecular formula is C17H27IN4O2S. The normalized spacial score (nSPS) is 19.0. The second-order valence-electron chi connectivity index (χ2n) is 5.96. The van der Waals surface area contributed by atoms with Crippen LogP contribution in [-0.4, -0.2) is 53.4 Å². The van der Waals surface area contributed by atoms with E-state index in [9.17, 15) is 9.00 Å². The molecular weight excluding hydrogens is 451 g/mol. The maximum Gasteiger partial charge on any atom is 0.217 e. The first-order valence-corrected chi connectivity index (χ1v) is 9.59. The number of benzene rings is 1. The number of piperidine rings is 1. The Hall–Kier alpha value is -1.16. The zero-order valence-corrected chi connectivity index (χ0v) is 17.7. The second kappa shape index (κ2) is 11.5. The molecule has 2 atom stereocenters. The molecule has 0 saturated carbocycles. The van der Waals surface area contributed by atoms with Crippen molar-refractivity contribution in [3.63, 3.8) is 0 Å². The van der Waals surface area contributed by atoms with E-state index in [1.165, 1.54) is 0 Å². The van der Waals surface area contributed by atoms with Gasteiger partial charge in [-0.2, -0.15) is 0 Å². The van der Waals surface area contributed by atoms with Gasteiger partial charge in [-0.3, -0.25) is 14.0 Å². The molecule has 25 heavy (non-hydrogen) atoms. The Morgan fingerprint density at radius 2 is 2.12 bits per heavy atom. The number of hydrogen-bond acceptors (Lipinski definition) is 3. The summed E-state index contributed by atoms with van der Waals surface area (Å²) in [5, 5.41) is 3.28. The molecule has 0 aromatic heterocycles. The highest BCUT2D eigenvalue weighted by Crippen LogP contribution is 2.19. The van der Waals surface area contributed by atoms with Gasteiger partial charge in [0.2, 0.25) is 5.91 Å². The zero-order valence-electron chi connectivity index (χ0n) is 14.5. The molecule has 8 heteroatoms. The number of carbonyl (C=O) groups excluding carboxylic acids is 1. The van der Waals surface area contributed by atoms with E-state index in [0.29, 0.717) is 18.7 Å². The van der Waals surface area contributed by atoms with Crippen molar-refractivity contribution in [3.05, 3.63) is 30.3 Å². The summed E-state index contributed by atoms with van der Waals surface area (Å²) in [5.74, 6) is 1.37. The first kappa shape index (κ1) is 21.9. The molecule has 0 radical (unpaired) electrons. The van der Waals surface area contributed by atoms with Gasteiger partial charge in [0.25, 0.3) is 0 Å². The van der Waals surface area contributed by atoms with Gasteiger partial charge >= 0.3 is 0 Å². The van der Waals surface area contributed by atoms with Crippen molar-refractivity contribution >= 4 is 46.6 Å². The van der Waals surface area contributed by atoms with E-state index in [1.807, 2.05) is 30.3 Å². The Morgan fingerprint density at radius 1 is 1.40 bits per heavy atom. The van der Waals surface area contributed by atoms with Crippen LogP contribution in [0.2, 0.25) is 0 Å². The molecule has 0 spiro atoms. The van der Waals surface area contributed by atoms with E-state index in [4.69, 9.17) is 5.73 Å². The van der Waals surface area contributed by atoms with Crippen LogP contribution >= 0.6 is 24.0 Å². The number of aliphatic imine (C=N–C) groups is 1. The number of primary amides is 1. The number of guanidine groups is 1. The van der Waals surface area contributed by atoms with E-state index in [0.717, 1.165) is 36.8 Å². The lowest BCUT2D eigenvalue weighted by Gasteiger charge is -2.34. The van der Waals surface area contributed by atoms with E-state index in [-0.39, 0.29) is 35.8 Å². The van der Waals surface area contributed by atoms with Crippen LogP contribution in [-0.2, 0) is 15.6 Å². The number of carbonyl (C=O) groups is 1. The van der Waals surface area contributed by atoms with Gasteiger partial charge in [0.05, 0.1) is 10.8 Å². The fourth-order valence-corrected chi connectivity index (χ4v) is 3.97. The number of likely N-dealkylation sites (tertiary alicyclic amines) is 1. The van der Waals surface area contributed by atoms with Gasteiger partial charge in [-0.25, -0.2) is 0 Å². The fourth-order valence-electron chi connectivity index (χ4n) is 2.99. The lowest BCUT2D eigenvalue weighted by atomic mass is 9.95. The van der Waals surface area contributed by atoms with Crippen LogP contribution in [0.4, 0.5) is 0 Å². The topological polar surface area (TPSA) is 87.8 Å². The van der Waals surface area contributed by atoms with Gasteiger partial charge in [0.1, 0.15) is 0 Å². The smallest absolute Gasteiger partial charge is 0.217 e. The third kappa shape index (κ3) is 7.31. The fraction of sp³-hybridized carbons (Fsp3) is 0.529. The molecule has 1 amide bonds. The summed E-state index contributed by atoms with van der Waals surface area (Å²) in [6, 6.07) is 9.46. The van der Waals surface area contributed by atoms with Gasteiger partial charge in [-0.15, -0.1) is 24.0 Å². The summed E-state index contributed by atoms with van der Waals surface area (Å²) in [6.45, 7) is 2.28. The van der Waals surface area contributed by atoms with Crippen molar-refractivity contribution < 1.29 is 9.00 Å². The SMILES string of the molecule is CN=C(NCCS(=O)c1ccccc1)N1CCCC(CC(N)=O)C1.I. The summed E-state index contributed by atoms with van der Waals surface area (Å²) in [5.41, 5.74) is 5.31. The van der Waals surface area contributed by atoms with Gasteiger partial charge < -0.3 is 16.0 Å². The molecule has 1 saturated heterocycles.